The molecule has 2 nitrogen and oxygen atoms in total. The number of rotatable bonds is 3. The van der Waals surface area contributed by atoms with Crippen LogP contribution in [0.2, 0.25) is 0 Å². The molecule has 0 aliphatic heterocycles. The maximum Gasteiger partial charge on any atom is 0.200 e. The first kappa shape index (κ1) is 15.9. The minimum atomic E-state index is -2.25. The Labute approximate surface area is 122 Å². The summed E-state index contributed by atoms with van der Waals surface area (Å²) in [6, 6.07) is 4.70. The highest BCUT2D eigenvalue weighted by Gasteiger charge is 2.38. The molecule has 1 aromatic carbocycles. The minimum absolute atomic E-state index is 0.254. The predicted molar refractivity (Wildman–Crippen MR) is 67.1 cm³/mol. The Balaban J connectivity index is 2.64. The topological polar surface area (TPSA) is 36.7 Å². The number of aromatic nitrogens is 1. The number of halogens is 5. The molecular weight excluding hydrogens is 303 g/mol. The summed E-state index contributed by atoms with van der Waals surface area (Å²) in [4.78, 5) is 3.79. The van der Waals surface area contributed by atoms with Crippen molar-refractivity contribution in [3.05, 3.63) is 64.7 Å². The average molecular weight is 312 g/mol. The lowest BCUT2D eigenvalue weighted by Crippen LogP contribution is -2.28. The quantitative estimate of drug-likeness (QED) is 0.491. The zero-order valence-electron chi connectivity index (χ0n) is 11.3. The molecule has 0 saturated carbocycles. The molecule has 1 atom stereocenters. The van der Waals surface area contributed by atoms with E-state index in [1.54, 1.807) is 6.07 Å². The lowest BCUT2D eigenvalue weighted by molar-refractivity contribution is 0.355. The van der Waals surface area contributed by atoms with Gasteiger partial charge < -0.3 is 0 Å². The van der Waals surface area contributed by atoms with Crippen LogP contribution in [0.25, 0.3) is 0 Å². The summed E-state index contributed by atoms with van der Waals surface area (Å²) in [5.74, 6) is -10.4. The number of nitrogens with zero attached hydrogens (tertiary/aromatic N) is 2. The molecule has 0 aliphatic rings. The van der Waals surface area contributed by atoms with E-state index >= 15 is 0 Å². The normalized spacial score (nSPS) is 13.5. The Kier molecular flexibility index (Phi) is 4.13. The summed E-state index contributed by atoms with van der Waals surface area (Å²) in [6.07, 6.45) is 2.54. The Morgan fingerprint density at radius 2 is 1.59 bits per heavy atom. The van der Waals surface area contributed by atoms with Gasteiger partial charge in [0.25, 0.3) is 0 Å². The number of benzene rings is 1. The summed E-state index contributed by atoms with van der Waals surface area (Å²) in [6.45, 7) is 1.11. The zero-order chi connectivity index (χ0) is 16.5. The van der Waals surface area contributed by atoms with E-state index in [0.717, 1.165) is 6.92 Å². The second-order valence-electron chi connectivity index (χ2n) is 4.93. The van der Waals surface area contributed by atoms with Gasteiger partial charge in [-0.25, -0.2) is 22.0 Å². The van der Waals surface area contributed by atoms with Gasteiger partial charge in [0.2, 0.25) is 5.82 Å². The van der Waals surface area contributed by atoms with E-state index in [4.69, 9.17) is 0 Å². The van der Waals surface area contributed by atoms with E-state index in [9.17, 15) is 27.2 Å². The number of nitriles is 1. The maximum absolute atomic E-state index is 13.9. The van der Waals surface area contributed by atoms with Gasteiger partial charge in [0.05, 0.1) is 17.0 Å². The fraction of sp³-hybridized carbons (Fsp3) is 0.200. The first-order valence-corrected chi connectivity index (χ1v) is 6.14. The Hall–Kier alpha value is -2.49. The van der Waals surface area contributed by atoms with Gasteiger partial charge in [0, 0.05) is 12.4 Å². The van der Waals surface area contributed by atoms with Crippen LogP contribution in [0.4, 0.5) is 22.0 Å². The SMILES string of the molecule is CC(C#N)(Cc1cccnc1)c1c(F)c(F)c(F)c(F)c1F. The number of pyridine rings is 1. The van der Waals surface area contributed by atoms with Crippen LogP contribution in [0.3, 0.4) is 0 Å². The van der Waals surface area contributed by atoms with Crippen molar-refractivity contribution >= 4 is 0 Å². The van der Waals surface area contributed by atoms with Gasteiger partial charge in [-0.1, -0.05) is 6.07 Å². The molecule has 0 radical (unpaired) electrons. The summed E-state index contributed by atoms with van der Waals surface area (Å²) in [5, 5.41) is 9.26. The third kappa shape index (κ3) is 2.52. The van der Waals surface area contributed by atoms with Gasteiger partial charge in [0.15, 0.2) is 23.3 Å². The van der Waals surface area contributed by atoms with Gasteiger partial charge >= 0.3 is 0 Å². The fourth-order valence-corrected chi connectivity index (χ4v) is 2.18. The van der Waals surface area contributed by atoms with Crippen LogP contribution < -0.4 is 0 Å². The van der Waals surface area contributed by atoms with E-state index in [-0.39, 0.29) is 6.42 Å². The van der Waals surface area contributed by atoms with Gasteiger partial charge in [-0.2, -0.15) is 5.26 Å². The Bertz CT molecular complexity index is 726. The van der Waals surface area contributed by atoms with E-state index in [1.807, 2.05) is 0 Å². The Morgan fingerprint density at radius 1 is 1.05 bits per heavy atom. The summed E-state index contributed by atoms with van der Waals surface area (Å²) in [5.41, 5.74) is -2.65. The molecule has 0 bridgehead atoms. The molecule has 2 aromatic rings. The van der Waals surface area contributed by atoms with Crippen LogP contribution in [-0.4, -0.2) is 4.98 Å². The van der Waals surface area contributed by atoms with Crippen molar-refractivity contribution in [1.82, 2.24) is 4.98 Å². The molecule has 0 spiro atoms. The Morgan fingerprint density at radius 3 is 2.05 bits per heavy atom. The third-order valence-corrected chi connectivity index (χ3v) is 3.29. The van der Waals surface area contributed by atoms with Crippen LogP contribution >= 0.6 is 0 Å². The van der Waals surface area contributed by atoms with E-state index in [2.05, 4.69) is 4.98 Å². The molecule has 22 heavy (non-hydrogen) atoms. The monoisotopic (exact) mass is 312 g/mol. The van der Waals surface area contributed by atoms with Crippen molar-refractivity contribution in [1.29, 1.82) is 5.26 Å². The van der Waals surface area contributed by atoms with Crippen molar-refractivity contribution in [3.63, 3.8) is 0 Å². The van der Waals surface area contributed by atoms with Crippen molar-refractivity contribution in [2.45, 2.75) is 18.8 Å². The van der Waals surface area contributed by atoms with E-state index < -0.39 is 40.1 Å². The smallest absolute Gasteiger partial charge is 0.200 e. The second-order valence-corrected chi connectivity index (χ2v) is 4.93. The predicted octanol–water partition coefficient (Wildman–Crippen LogP) is 3.80. The van der Waals surface area contributed by atoms with Gasteiger partial charge in [-0.15, -0.1) is 0 Å². The highest BCUT2D eigenvalue weighted by atomic mass is 19.2. The molecule has 0 amide bonds. The van der Waals surface area contributed by atoms with Crippen LogP contribution in [0.15, 0.2) is 24.5 Å². The molecule has 1 aromatic heterocycles. The van der Waals surface area contributed by atoms with Gasteiger partial charge in [0.1, 0.15) is 0 Å². The van der Waals surface area contributed by atoms with Crippen LogP contribution in [0.1, 0.15) is 18.1 Å². The van der Waals surface area contributed by atoms with Crippen molar-refractivity contribution in [2.24, 2.45) is 0 Å². The summed E-state index contributed by atoms with van der Waals surface area (Å²) in [7, 11) is 0. The second kappa shape index (κ2) is 5.72. The third-order valence-electron chi connectivity index (χ3n) is 3.29. The zero-order valence-corrected chi connectivity index (χ0v) is 11.3. The average Bonchev–Trinajstić information content (AvgIpc) is 2.52. The number of hydrogen-bond donors (Lipinski definition) is 0. The van der Waals surface area contributed by atoms with Crippen molar-refractivity contribution in [3.8, 4) is 6.07 Å². The van der Waals surface area contributed by atoms with Crippen LogP contribution in [-0.2, 0) is 11.8 Å². The number of hydrogen-bond acceptors (Lipinski definition) is 2. The van der Waals surface area contributed by atoms with Crippen LogP contribution in [0, 0.1) is 40.4 Å². The van der Waals surface area contributed by atoms with E-state index in [0.29, 0.717) is 5.56 Å². The first-order chi connectivity index (χ1) is 10.3. The first-order valence-electron chi connectivity index (χ1n) is 6.14. The molecular formula is C15H9F5N2. The fourth-order valence-electron chi connectivity index (χ4n) is 2.18. The molecule has 7 heteroatoms. The highest BCUT2D eigenvalue weighted by Crippen LogP contribution is 2.35. The van der Waals surface area contributed by atoms with Crippen LogP contribution in [0.5, 0.6) is 0 Å². The van der Waals surface area contributed by atoms with E-state index in [1.165, 1.54) is 24.5 Å². The largest absolute Gasteiger partial charge is 0.264 e. The molecule has 1 heterocycles. The molecule has 0 fully saturated rings. The summed E-state index contributed by atoms with van der Waals surface area (Å²) >= 11 is 0. The maximum atomic E-state index is 13.9. The standard InChI is InChI=1S/C15H9F5N2/c1-15(7-21,5-8-3-2-4-22-6-8)9-10(16)12(18)14(20)13(19)11(9)17/h2-4,6H,5H2,1H3. The highest BCUT2D eigenvalue weighted by molar-refractivity contribution is 5.38. The lowest BCUT2D eigenvalue weighted by atomic mass is 9.78. The van der Waals surface area contributed by atoms with Crippen molar-refractivity contribution < 1.29 is 22.0 Å². The molecule has 0 aliphatic carbocycles. The molecule has 0 saturated heterocycles. The molecule has 0 N–H and O–H groups in total. The lowest BCUT2D eigenvalue weighted by Gasteiger charge is -2.23. The minimum Gasteiger partial charge on any atom is -0.264 e. The van der Waals surface area contributed by atoms with Crippen molar-refractivity contribution in [2.75, 3.05) is 0 Å². The molecule has 114 valence electrons. The summed E-state index contributed by atoms with van der Waals surface area (Å²) < 4.78 is 67.5. The van der Waals surface area contributed by atoms with Gasteiger partial charge in [-0.3, -0.25) is 4.98 Å². The molecule has 2 rings (SSSR count). The van der Waals surface area contributed by atoms with Gasteiger partial charge in [-0.05, 0) is 25.0 Å². The molecule has 1 unspecified atom stereocenters.